The first-order chi connectivity index (χ1) is 8.95. The summed E-state index contributed by atoms with van der Waals surface area (Å²) in [6, 6.07) is 0. The van der Waals surface area contributed by atoms with Crippen molar-refractivity contribution >= 4 is 15.8 Å². The normalized spacial score (nSPS) is 21.5. The molecule has 0 radical (unpaired) electrons. The molecule has 106 valence electrons. The molecule has 2 rings (SSSR count). The highest BCUT2D eigenvalue weighted by atomic mass is 32.2. The van der Waals surface area contributed by atoms with Crippen molar-refractivity contribution in [3.05, 3.63) is 11.6 Å². The summed E-state index contributed by atoms with van der Waals surface area (Å²) in [7, 11) is -3.06. The average molecular weight is 287 g/mol. The van der Waals surface area contributed by atoms with E-state index < -0.39 is 21.1 Å². The van der Waals surface area contributed by atoms with Gasteiger partial charge >= 0.3 is 5.97 Å². The minimum absolute atomic E-state index is 0.0708. The number of aryl methyl sites for hydroxylation is 1. The highest BCUT2D eigenvalue weighted by Gasteiger charge is 2.33. The molecule has 1 aromatic rings. The first kappa shape index (κ1) is 14.0. The van der Waals surface area contributed by atoms with Crippen LogP contribution in [-0.2, 0) is 21.1 Å². The van der Waals surface area contributed by atoms with Gasteiger partial charge in [-0.2, -0.15) is 0 Å². The Bertz CT molecular complexity index is 579. The fourth-order valence-corrected chi connectivity index (χ4v) is 4.02. The smallest absolute Gasteiger partial charge is 0.376 e. The molecule has 1 atom stereocenters. The van der Waals surface area contributed by atoms with Crippen molar-refractivity contribution in [1.29, 1.82) is 0 Å². The highest BCUT2D eigenvalue weighted by Crippen LogP contribution is 2.22. The molecule has 0 saturated carbocycles. The molecule has 1 unspecified atom stereocenters. The first-order valence-electron chi connectivity index (χ1n) is 6.24. The second-order valence-electron chi connectivity index (χ2n) is 4.53. The summed E-state index contributed by atoms with van der Waals surface area (Å²) in [4.78, 5) is 11.7. The summed E-state index contributed by atoms with van der Waals surface area (Å²) >= 11 is 0. The lowest BCUT2D eigenvalue weighted by molar-refractivity contribution is 0.0505. The van der Waals surface area contributed by atoms with E-state index in [0.717, 1.165) is 0 Å². The monoisotopic (exact) mass is 287 g/mol. The van der Waals surface area contributed by atoms with Gasteiger partial charge in [-0.25, -0.2) is 13.2 Å². The highest BCUT2D eigenvalue weighted by molar-refractivity contribution is 7.92. The van der Waals surface area contributed by atoms with Gasteiger partial charge in [-0.3, -0.25) is 0 Å². The summed E-state index contributed by atoms with van der Waals surface area (Å²) in [6.45, 7) is 3.85. The predicted octanol–water partition coefficient (Wildman–Crippen LogP) is 0.340. The van der Waals surface area contributed by atoms with E-state index in [1.54, 1.807) is 13.8 Å². The van der Waals surface area contributed by atoms with Gasteiger partial charge in [0.25, 0.3) is 0 Å². The van der Waals surface area contributed by atoms with Crippen LogP contribution >= 0.6 is 0 Å². The van der Waals surface area contributed by atoms with Crippen molar-refractivity contribution in [2.24, 2.45) is 0 Å². The zero-order chi connectivity index (χ0) is 14.0. The Morgan fingerprint density at radius 2 is 2.21 bits per heavy atom. The number of hydrogen-bond donors (Lipinski definition) is 0. The van der Waals surface area contributed by atoms with Crippen molar-refractivity contribution in [1.82, 2.24) is 14.8 Å². The largest absolute Gasteiger partial charge is 0.460 e. The molecule has 2 heterocycles. The summed E-state index contributed by atoms with van der Waals surface area (Å²) in [5, 5.41) is 7.13. The quantitative estimate of drug-likeness (QED) is 0.742. The van der Waals surface area contributed by atoms with Crippen molar-refractivity contribution in [2.75, 3.05) is 12.4 Å². The van der Waals surface area contributed by atoms with Crippen LogP contribution < -0.4 is 0 Å². The maximum absolute atomic E-state index is 11.8. The summed E-state index contributed by atoms with van der Waals surface area (Å²) < 4.78 is 30.1. The fourth-order valence-electron chi connectivity index (χ4n) is 2.21. The number of rotatable bonds is 4. The summed E-state index contributed by atoms with van der Waals surface area (Å²) in [5.41, 5.74) is 0. The third-order valence-electron chi connectivity index (χ3n) is 3.24. The Morgan fingerprint density at radius 3 is 2.79 bits per heavy atom. The Labute approximate surface area is 111 Å². The Morgan fingerprint density at radius 1 is 1.47 bits per heavy atom. The lowest BCUT2D eigenvalue weighted by atomic mass is 10.2. The maximum Gasteiger partial charge on any atom is 0.376 e. The van der Waals surface area contributed by atoms with E-state index in [1.165, 1.54) is 4.57 Å². The van der Waals surface area contributed by atoms with Crippen LogP contribution in [0.4, 0.5) is 0 Å². The molecular weight excluding hydrogens is 270 g/mol. The Kier molecular flexibility index (Phi) is 3.88. The van der Waals surface area contributed by atoms with Gasteiger partial charge in [-0.1, -0.05) is 0 Å². The van der Waals surface area contributed by atoms with Crippen molar-refractivity contribution in [3.63, 3.8) is 0 Å². The molecule has 0 N–H and O–H groups in total. The Hall–Kier alpha value is -1.44. The number of nitrogens with zero attached hydrogens (tertiary/aromatic N) is 3. The molecular formula is C11H17N3O4S. The second-order valence-corrected chi connectivity index (χ2v) is 6.93. The molecule has 1 saturated heterocycles. The van der Waals surface area contributed by atoms with Crippen molar-refractivity contribution in [3.8, 4) is 0 Å². The van der Waals surface area contributed by atoms with Gasteiger partial charge < -0.3 is 9.30 Å². The molecule has 0 spiro atoms. The molecule has 0 aliphatic carbocycles. The van der Waals surface area contributed by atoms with Crippen LogP contribution in [0.5, 0.6) is 0 Å². The topological polar surface area (TPSA) is 91.2 Å². The average Bonchev–Trinajstić information content (AvgIpc) is 2.85. The van der Waals surface area contributed by atoms with E-state index in [2.05, 4.69) is 10.2 Å². The SMILES string of the molecule is CCOC(=O)c1nnc(C)n1CC1CCCS1(=O)=O. The van der Waals surface area contributed by atoms with Gasteiger partial charge in [-0.05, 0) is 26.7 Å². The molecule has 1 fully saturated rings. The van der Waals surface area contributed by atoms with Crippen LogP contribution in [0.3, 0.4) is 0 Å². The number of carbonyl (C=O) groups excluding carboxylic acids is 1. The number of aromatic nitrogens is 3. The van der Waals surface area contributed by atoms with Gasteiger partial charge in [0, 0.05) is 6.54 Å². The molecule has 7 nitrogen and oxygen atoms in total. The van der Waals surface area contributed by atoms with E-state index in [4.69, 9.17) is 4.74 Å². The van der Waals surface area contributed by atoms with Crippen molar-refractivity contribution < 1.29 is 17.9 Å². The van der Waals surface area contributed by atoms with Gasteiger partial charge in [0.15, 0.2) is 9.84 Å². The molecule has 1 aliphatic rings. The van der Waals surface area contributed by atoms with Gasteiger partial charge in [0.2, 0.25) is 5.82 Å². The standard InChI is InChI=1S/C11H17N3O4S/c1-3-18-11(15)10-13-12-8(2)14(10)7-9-5-4-6-19(9,16)17/h9H,3-7H2,1-2H3. The molecule has 0 bridgehead atoms. The van der Waals surface area contributed by atoms with Crippen LogP contribution in [0.15, 0.2) is 0 Å². The van der Waals surface area contributed by atoms with Crippen LogP contribution in [-0.4, -0.2) is 46.8 Å². The minimum atomic E-state index is -3.06. The molecule has 19 heavy (non-hydrogen) atoms. The van der Waals surface area contributed by atoms with E-state index in [-0.39, 0.29) is 24.7 Å². The zero-order valence-electron chi connectivity index (χ0n) is 11.0. The molecule has 8 heteroatoms. The number of esters is 1. The minimum Gasteiger partial charge on any atom is -0.460 e. The van der Waals surface area contributed by atoms with E-state index in [9.17, 15) is 13.2 Å². The predicted molar refractivity (Wildman–Crippen MR) is 67.5 cm³/mol. The van der Waals surface area contributed by atoms with Gasteiger partial charge in [0.05, 0.1) is 17.6 Å². The number of hydrogen-bond acceptors (Lipinski definition) is 6. The van der Waals surface area contributed by atoms with Crippen LogP contribution in [0, 0.1) is 6.92 Å². The summed E-state index contributed by atoms with van der Waals surface area (Å²) in [5.74, 6) is 0.234. The van der Waals surface area contributed by atoms with Gasteiger partial charge in [-0.15, -0.1) is 10.2 Å². The third kappa shape index (κ3) is 2.78. The van der Waals surface area contributed by atoms with E-state index in [0.29, 0.717) is 18.7 Å². The number of carbonyl (C=O) groups is 1. The third-order valence-corrected chi connectivity index (χ3v) is 5.50. The Balaban J connectivity index is 2.25. The number of ether oxygens (including phenoxy) is 1. The van der Waals surface area contributed by atoms with Crippen LogP contribution in [0.2, 0.25) is 0 Å². The molecule has 1 aromatic heterocycles. The van der Waals surface area contributed by atoms with E-state index in [1.807, 2.05) is 0 Å². The summed E-state index contributed by atoms with van der Waals surface area (Å²) in [6.07, 6.45) is 1.28. The lowest BCUT2D eigenvalue weighted by Crippen LogP contribution is -2.25. The van der Waals surface area contributed by atoms with Crippen LogP contribution in [0.25, 0.3) is 0 Å². The fraction of sp³-hybridized carbons (Fsp3) is 0.727. The van der Waals surface area contributed by atoms with E-state index >= 15 is 0 Å². The molecule has 0 amide bonds. The molecule has 0 aromatic carbocycles. The first-order valence-corrected chi connectivity index (χ1v) is 7.95. The molecule has 1 aliphatic heterocycles. The zero-order valence-corrected chi connectivity index (χ0v) is 11.8. The maximum atomic E-state index is 11.8. The van der Waals surface area contributed by atoms with Gasteiger partial charge in [0.1, 0.15) is 5.82 Å². The van der Waals surface area contributed by atoms with Crippen LogP contribution in [0.1, 0.15) is 36.2 Å². The second kappa shape index (κ2) is 5.28. The lowest BCUT2D eigenvalue weighted by Gasteiger charge is -2.12. The van der Waals surface area contributed by atoms with Crippen molar-refractivity contribution in [2.45, 2.75) is 38.5 Å². The number of sulfone groups is 1.